The van der Waals surface area contributed by atoms with Gasteiger partial charge in [-0.05, 0) is 43.5 Å². The minimum atomic E-state index is -2.95. The Balaban J connectivity index is 2.09. The summed E-state index contributed by atoms with van der Waals surface area (Å²) in [7, 11) is -1.01. The van der Waals surface area contributed by atoms with E-state index in [-0.39, 0.29) is 17.6 Å². The van der Waals surface area contributed by atoms with Gasteiger partial charge in [0, 0.05) is 18.8 Å². The van der Waals surface area contributed by atoms with Crippen molar-refractivity contribution in [2.24, 2.45) is 5.92 Å². The molecule has 0 amide bonds. The van der Waals surface area contributed by atoms with Crippen LogP contribution < -0.4 is 0 Å². The Labute approximate surface area is 114 Å². The van der Waals surface area contributed by atoms with E-state index in [0.29, 0.717) is 12.5 Å². The predicted molar refractivity (Wildman–Crippen MR) is 74.2 cm³/mol. The summed E-state index contributed by atoms with van der Waals surface area (Å²) in [5.41, 5.74) is 1.07. The van der Waals surface area contributed by atoms with E-state index in [0.717, 1.165) is 18.4 Å². The Morgan fingerprint density at radius 1 is 1.32 bits per heavy atom. The van der Waals surface area contributed by atoms with Gasteiger partial charge in [0.15, 0.2) is 0 Å². The highest BCUT2D eigenvalue weighted by molar-refractivity contribution is 7.90. The van der Waals surface area contributed by atoms with Gasteiger partial charge >= 0.3 is 0 Å². The van der Waals surface area contributed by atoms with Gasteiger partial charge in [-0.1, -0.05) is 12.1 Å². The molecular formula is C14H20FNO2S. The molecule has 0 saturated heterocycles. The maximum Gasteiger partial charge on any atom is 0.148 e. The molecule has 1 aromatic rings. The number of hydrogen-bond donors (Lipinski definition) is 0. The summed E-state index contributed by atoms with van der Waals surface area (Å²) in [4.78, 5) is 2.08. The molecule has 1 fully saturated rings. The minimum absolute atomic E-state index is 0.161. The lowest BCUT2D eigenvalue weighted by atomic mass is 10.0. The SMILES string of the molecule is CN(CCS(C)(=O)=O)C(c1ccc(F)cc1)C1CC1. The smallest absolute Gasteiger partial charge is 0.148 e. The average Bonchev–Trinajstić information content (AvgIpc) is 3.13. The summed E-state index contributed by atoms with van der Waals surface area (Å²) < 4.78 is 35.5. The first-order valence-electron chi connectivity index (χ1n) is 6.50. The molecule has 1 aromatic carbocycles. The standard InChI is InChI=1S/C14H20FNO2S/c1-16(9-10-19(2,17)18)14(11-3-4-11)12-5-7-13(15)8-6-12/h5-8,11,14H,3-4,9-10H2,1-2H3. The first kappa shape index (κ1) is 14.5. The van der Waals surface area contributed by atoms with Crippen LogP contribution in [0.2, 0.25) is 0 Å². The van der Waals surface area contributed by atoms with Crippen LogP contribution >= 0.6 is 0 Å². The maximum absolute atomic E-state index is 13.0. The van der Waals surface area contributed by atoms with Crippen molar-refractivity contribution < 1.29 is 12.8 Å². The summed E-state index contributed by atoms with van der Waals surface area (Å²) in [6.45, 7) is 0.511. The molecule has 0 aliphatic heterocycles. The zero-order valence-electron chi connectivity index (χ0n) is 11.3. The molecule has 1 saturated carbocycles. The van der Waals surface area contributed by atoms with E-state index in [1.165, 1.54) is 18.4 Å². The fraction of sp³-hybridized carbons (Fsp3) is 0.571. The third-order valence-electron chi connectivity index (χ3n) is 3.57. The van der Waals surface area contributed by atoms with Gasteiger partial charge in [0.25, 0.3) is 0 Å². The van der Waals surface area contributed by atoms with E-state index < -0.39 is 9.84 Å². The quantitative estimate of drug-likeness (QED) is 0.804. The fourth-order valence-electron chi connectivity index (χ4n) is 2.41. The fourth-order valence-corrected chi connectivity index (χ4v) is 3.03. The molecule has 19 heavy (non-hydrogen) atoms. The van der Waals surface area contributed by atoms with Crippen molar-refractivity contribution in [3.8, 4) is 0 Å². The number of hydrogen-bond acceptors (Lipinski definition) is 3. The lowest BCUT2D eigenvalue weighted by Gasteiger charge is -2.28. The molecule has 106 valence electrons. The van der Waals surface area contributed by atoms with Crippen LogP contribution in [0.3, 0.4) is 0 Å². The van der Waals surface area contributed by atoms with E-state index in [1.54, 1.807) is 12.1 Å². The monoisotopic (exact) mass is 285 g/mol. The zero-order valence-corrected chi connectivity index (χ0v) is 12.2. The molecule has 1 unspecified atom stereocenters. The van der Waals surface area contributed by atoms with Crippen LogP contribution in [-0.2, 0) is 9.84 Å². The molecular weight excluding hydrogens is 265 g/mol. The average molecular weight is 285 g/mol. The lowest BCUT2D eigenvalue weighted by molar-refractivity contribution is 0.233. The number of rotatable bonds is 6. The summed E-state index contributed by atoms with van der Waals surface area (Å²) in [6, 6.07) is 6.73. The summed E-state index contributed by atoms with van der Waals surface area (Å²) in [5.74, 6) is 0.487. The molecule has 1 aliphatic rings. The van der Waals surface area contributed by atoms with Gasteiger partial charge in [-0.15, -0.1) is 0 Å². The third-order valence-corrected chi connectivity index (χ3v) is 4.49. The van der Waals surface area contributed by atoms with Gasteiger partial charge in [0.2, 0.25) is 0 Å². The van der Waals surface area contributed by atoms with E-state index in [9.17, 15) is 12.8 Å². The van der Waals surface area contributed by atoms with Gasteiger partial charge < -0.3 is 0 Å². The molecule has 3 nitrogen and oxygen atoms in total. The molecule has 0 heterocycles. The second-order valence-corrected chi connectivity index (χ2v) is 7.70. The van der Waals surface area contributed by atoms with Crippen molar-refractivity contribution in [3.05, 3.63) is 35.6 Å². The first-order chi connectivity index (χ1) is 8.87. The lowest BCUT2D eigenvalue weighted by Crippen LogP contribution is -2.30. The molecule has 0 aromatic heterocycles. The number of benzene rings is 1. The molecule has 1 aliphatic carbocycles. The highest BCUT2D eigenvalue weighted by atomic mass is 32.2. The molecule has 0 radical (unpaired) electrons. The number of nitrogens with zero attached hydrogens (tertiary/aromatic N) is 1. The normalized spacial score (nSPS) is 17.7. The van der Waals surface area contributed by atoms with Crippen molar-refractivity contribution in [1.82, 2.24) is 4.90 Å². The number of sulfone groups is 1. The molecule has 0 bridgehead atoms. The molecule has 0 N–H and O–H groups in total. The van der Waals surface area contributed by atoms with Crippen molar-refractivity contribution in [1.29, 1.82) is 0 Å². The Hall–Kier alpha value is -0.940. The number of halogens is 1. The minimum Gasteiger partial charge on any atom is -0.298 e. The van der Waals surface area contributed by atoms with E-state index in [1.807, 2.05) is 7.05 Å². The first-order valence-corrected chi connectivity index (χ1v) is 8.56. The zero-order chi connectivity index (χ0) is 14.0. The second-order valence-electron chi connectivity index (χ2n) is 5.44. The van der Waals surface area contributed by atoms with Gasteiger partial charge in [-0.2, -0.15) is 0 Å². The van der Waals surface area contributed by atoms with Crippen molar-refractivity contribution >= 4 is 9.84 Å². The highest BCUT2D eigenvalue weighted by Gasteiger charge is 2.35. The van der Waals surface area contributed by atoms with Crippen LogP contribution in [0.1, 0.15) is 24.4 Å². The Bertz CT molecular complexity index is 523. The predicted octanol–water partition coefficient (Wildman–Crippen LogP) is 2.25. The molecule has 2 rings (SSSR count). The topological polar surface area (TPSA) is 37.4 Å². The van der Waals surface area contributed by atoms with Crippen molar-refractivity contribution in [2.45, 2.75) is 18.9 Å². The van der Waals surface area contributed by atoms with Gasteiger partial charge in [-0.25, -0.2) is 12.8 Å². The van der Waals surface area contributed by atoms with Crippen LogP contribution in [0.4, 0.5) is 4.39 Å². The van der Waals surface area contributed by atoms with Crippen molar-refractivity contribution in [2.75, 3.05) is 25.6 Å². The van der Waals surface area contributed by atoms with Gasteiger partial charge in [-0.3, -0.25) is 4.90 Å². The van der Waals surface area contributed by atoms with Crippen LogP contribution in [0.15, 0.2) is 24.3 Å². The van der Waals surface area contributed by atoms with Crippen LogP contribution in [-0.4, -0.2) is 38.9 Å². The van der Waals surface area contributed by atoms with Gasteiger partial charge in [0.1, 0.15) is 15.7 Å². The van der Waals surface area contributed by atoms with Crippen LogP contribution in [0.25, 0.3) is 0 Å². The molecule has 5 heteroatoms. The largest absolute Gasteiger partial charge is 0.298 e. The van der Waals surface area contributed by atoms with Gasteiger partial charge in [0.05, 0.1) is 5.75 Å². The highest BCUT2D eigenvalue weighted by Crippen LogP contribution is 2.43. The van der Waals surface area contributed by atoms with Crippen molar-refractivity contribution in [3.63, 3.8) is 0 Å². The maximum atomic E-state index is 13.0. The Morgan fingerprint density at radius 3 is 2.37 bits per heavy atom. The van der Waals surface area contributed by atoms with Crippen LogP contribution in [0.5, 0.6) is 0 Å². The molecule has 0 spiro atoms. The second kappa shape index (κ2) is 5.59. The van der Waals surface area contributed by atoms with E-state index >= 15 is 0 Å². The summed E-state index contributed by atoms with van der Waals surface area (Å²) in [6.07, 6.45) is 3.57. The van der Waals surface area contributed by atoms with E-state index in [2.05, 4.69) is 4.90 Å². The summed E-state index contributed by atoms with van der Waals surface area (Å²) >= 11 is 0. The summed E-state index contributed by atoms with van der Waals surface area (Å²) in [5, 5.41) is 0. The Morgan fingerprint density at radius 2 is 1.89 bits per heavy atom. The Kier molecular flexibility index (Phi) is 4.26. The van der Waals surface area contributed by atoms with E-state index in [4.69, 9.17) is 0 Å². The molecule has 1 atom stereocenters. The third kappa shape index (κ3) is 4.28. The van der Waals surface area contributed by atoms with Crippen LogP contribution in [0, 0.1) is 11.7 Å².